The number of carbonyl (C=O) groups excluding carboxylic acids is 1. The van der Waals surface area contributed by atoms with Gasteiger partial charge < -0.3 is 10.2 Å². The molecule has 4 aromatic carbocycles. The van der Waals surface area contributed by atoms with E-state index in [9.17, 15) is 10.1 Å². The van der Waals surface area contributed by atoms with Crippen molar-refractivity contribution in [3.63, 3.8) is 0 Å². The van der Waals surface area contributed by atoms with Crippen molar-refractivity contribution in [3.05, 3.63) is 123 Å². The van der Waals surface area contributed by atoms with E-state index >= 15 is 0 Å². The lowest BCUT2D eigenvalue weighted by atomic mass is 10.1. The molecule has 6 nitrogen and oxygen atoms in total. The molecule has 8 heteroatoms. The van der Waals surface area contributed by atoms with Gasteiger partial charge in [0.05, 0.1) is 40.3 Å². The Kier molecular flexibility index (Phi) is 7.55. The van der Waals surface area contributed by atoms with Gasteiger partial charge in [-0.15, -0.1) is 0 Å². The number of amidine groups is 1. The van der Waals surface area contributed by atoms with E-state index in [2.05, 4.69) is 52.0 Å². The summed E-state index contributed by atoms with van der Waals surface area (Å²) >= 11 is 2.94. The Morgan fingerprint density at radius 2 is 1.73 bits per heavy atom. The smallest absolute Gasteiger partial charge is 0.269 e. The number of benzene rings is 4. The summed E-state index contributed by atoms with van der Waals surface area (Å²) in [5.74, 6) is -0.0819. The number of anilines is 1. The lowest BCUT2D eigenvalue weighted by molar-refractivity contribution is -0.122. The summed E-state index contributed by atoms with van der Waals surface area (Å²) in [4.78, 5) is 23.5. The van der Waals surface area contributed by atoms with Crippen molar-refractivity contribution in [1.82, 2.24) is 9.80 Å². The van der Waals surface area contributed by atoms with E-state index in [1.165, 1.54) is 22.5 Å². The number of amides is 1. The molecule has 6 rings (SSSR count). The quantitative estimate of drug-likeness (QED) is 0.238. The van der Waals surface area contributed by atoms with Crippen molar-refractivity contribution in [2.75, 3.05) is 18.9 Å². The Morgan fingerprint density at radius 1 is 0.951 bits per heavy atom. The van der Waals surface area contributed by atoms with Crippen LogP contribution in [-0.2, 0) is 11.3 Å². The topological polar surface area (TPSA) is 71.7 Å². The monoisotopic (exact) mass is 573 g/mol. The van der Waals surface area contributed by atoms with Gasteiger partial charge in [0.2, 0.25) is 0 Å². The van der Waals surface area contributed by atoms with E-state index in [-0.39, 0.29) is 5.91 Å². The van der Waals surface area contributed by atoms with Crippen molar-refractivity contribution in [2.24, 2.45) is 4.99 Å². The lowest BCUT2D eigenvalue weighted by Crippen LogP contribution is -2.29. The van der Waals surface area contributed by atoms with Crippen molar-refractivity contribution in [2.45, 2.75) is 13.5 Å². The molecule has 1 N–H and O–H groups in total. The van der Waals surface area contributed by atoms with Crippen LogP contribution in [0.3, 0.4) is 0 Å². The third-order valence-electron chi connectivity index (χ3n) is 6.94. The summed E-state index contributed by atoms with van der Waals surface area (Å²) in [5, 5.41) is 18.8. The maximum atomic E-state index is 14.0. The average molecular weight is 574 g/mol. The van der Waals surface area contributed by atoms with Crippen molar-refractivity contribution < 1.29 is 4.79 Å². The summed E-state index contributed by atoms with van der Waals surface area (Å²) in [6.45, 7) is 3.13. The molecule has 4 aromatic rings. The standard InChI is InChI=1S/C33H27N5OS2/c1-3-35-27-16-13-23(19-34)17-28(27)36-33-38(20-22-9-5-4-6-10-22)31(39)30(41-33)32-37(2)29(21-40-32)26-15-14-24-11-7-8-12-25(24)18-26/h4-18,21,35H,3,20H2,1-2H3. The van der Waals surface area contributed by atoms with Crippen LogP contribution >= 0.6 is 23.5 Å². The molecule has 1 saturated heterocycles. The molecule has 202 valence electrons. The molecule has 0 bridgehead atoms. The molecule has 0 saturated carbocycles. The van der Waals surface area contributed by atoms with Crippen molar-refractivity contribution in [1.29, 1.82) is 5.26 Å². The fourth-order valence-corrected chi connectivity index (χ4v) is 7.10. The van der Waals surface area contributed by atoms with Gasteiger partial charge in [-0.1, -0.05) is 78.5 Å². The van der Waals surface area contributed by atoms with Crippen LogP contribution in [0, 0.1) is 11.3 Å². The largest absolute Gasteiger partial charge is 0.384 e. The summed E-state index contributed by atoms with van der Waals surface area (Å²) in [6.07, 6.45) is 0. The first-order valence-corrected chi connectivity index (χ1v) is 15.0. The second kappa shape index (κ2) is 11.6. The van der Waals surface area contributed by atoms with Crippen LogP contribution in [0.4, 0.5) is 11.4 Å². The SMILES string of the molecule is CCNc1ccc(C#N)cc1N=C1SC(=C2SC=C(c3ccc4ccccc4c3)N2C)C(=O)N1Cc1ccccc1. The van der Waals surface area contributed by atoms with Gasteiger partial charge in [0.25, 0.3) is 5.91 Å². The van der Waals surface area contributed by atoms with Crippen LogP contribution in [0.1, 0.15) is 23.6 Å². The maximum absolute atomic E-state index is 14.0. The van der Waals surface area contributed by atoms with E-state index in [1.807, 2.05) is 62.5 Å². The van der Waals surface area contributed by atoms with Crippen LogP contribution in [0.15, 0.2) is 111 Å². The maximum Gasteiger partial charge on any atom is 0.269 e. The minimum absolute atomic E-state index is 0.0819. The minimum atomic E-state index is -0.0819. The van der Waals surface area contributed by atoms with E-state index in [0.29, 0.717) is 34.4 Å². The number of hydrogen-bond acceptors (Lipinski definition) is 7. The number of aliphatic imine (C=N–C) groups is 1. The van der Waals surface area contributed by atoms with Gasteiger partial charge in [0, 0.05) is 19.0 Å². The van der Waals surface area contributed by atoms with Crippen LogP contribution < -0.4 is 5.32 Å². The van der Waals surface area contributed by atoms with Crippen LogP contribution in [0.2, 0.25) is 0 Å². The van der Waals surface area contributed by atoms with E-state index < -0.39 is 0 Å². The first-order valence-electron chi connectivity index (χ1n) is 13.3. The highest BCUT2D eigenvalue weighted by Gasteiger charge is 2.38. The summed E-state index contributed by atoms with van der Waals surface area (Å²) in [5.41, 5.74) is 5.13. The van der Waals surface area contributed by atoms with Gasteiger partial charge in [-0.25, -0.2) is 4.99 Å². The molecular formula is C33H27N5OS2. The normalized spacial score (nSPS) is 17.8. The molecular weight excluding hydrogens is 547 g/mol. The Labute approximate surface area is 248 Å². The molecule has 2 aliphatic rings. The highest BCUT2D eigenvalue weighted by molar-refractivity contribution is 8.19. The molecule has 2 aliphatic heterocycles. The van der Waals surface area contributed by atoms with Gasteiger partial charge in [0.15, 0.2) is 5.17 Å². The van der Waals surface area contributed by atoms with Crippen molar-refractivity contribution in [3.8, 4) is 6.07 Å². The number of nitrogens with one attached hydrogen (secondary N) is 1. The Bertz CT molecular complexity index is 1790. The minimum Gasteiger partial charge on any atom is -0.384 e. The number of carbonyl (C=O) groups is 1. The molecule has 0 aromatic heterocycles. The molecule has 0 atom stereocenters. The number of hydrogen-bond donors (Lipinski definition) is 1. The zero-order valence-corrected chi connectivity index (χ0v) is 24.3. The third-order valence-corrected chi connectivity index (χ3v) is 9.18. The predicted molar refractivity (Wildman–Crippen MR) is 171 cm³/mol. The van der Waals surface area contributed by atoms with E-state index in [1.54, 1.807) is 28.8 Å². The molecule has 2 heterocycles. The highest BCUT2D eigenvalue weighted by atomic mass is 32.2. The molecule has 1 fully saturated rings. The van der Waals surface area contributed by atoms with Crippen molar-refractivity contribution >= 4 is 62.4 Å². The second-order valence-electron chi connectivity index (χ2n) is 9.62. The first-order chi connectivity index (χ1) is 20.1. The number of nitrogens with zero attached hydrogens (tertiary/aromatic N) is 4. The molecule has 0 aliphatic carbocycles. The Hall–Kier alpha value is -4.45. The lowest BCUT2D eigenvalue weighted by Gasteiger charge is -2.19. The van der Waals surface area contributed by atoms with Gasteiger partial charge >= 0.3 is 0 Å². The number of thioether (sulfide) groups is 2. The average Bonchev–Trinajstić information content (AvgIpc) is 3.53. The number of rotatable bonds is 6. The van der Waals surface area contributed by atoms with Crippen LogP contribution in [0.5, 0.6) is 0 Å². The van der Waals surface area contributed by atoms with Gasteiger partial charge in [-0.3, -0.25) is 9.69 Å². The van der Waals surface area contributed by atoms with Crippen LogP contribution in [0.25, 0.3) is 16.5 Å². The Morgan fingerprint density at radius 3 is 2.51 bits per heavy atom. The fraction of sp³-hybridized carbons (Fsp3) is 0.121. The van der Waals surface area contributed by atoms with Gasteiger partial charge in [0.1, 0.15) is 4.91 Å². The predicted octanol–water partition coefficient (Wildman–Crippen LogP) is 7.75. The fourth-order valence-electron chi connectivity index (χ4n) is 4.86. The molecule has 0 unspecified atom stereocenters. The van der Waals surface area contributed by atoms with E-state index in [0.717, 1.165) is 27.5 Å². The zero-order chi connectivity index (χ0) is 28.3. The first kappa shape index (κ1) is 26.8. The number of nitriles is 1. The molecule has 1 amide bonds. The van der Waals surface area contributed by atoms with Crippen LogP contribution in [-0.4, -0.2) is 34.5 Å². The van der Waals surface area contributed by atoms with E-state index in [4.69, 9.17) is 4.99 Å². The van der Waals surface area contributed by atoms with Gasteiger partial charge in [-0.05, 0) is 64.9 Å². The highest BCUT2D eigenvalue weighted by Crippen LogP contribution is 2.46. The third kappa shape index (κ3) is 5.34. The van der Waals surface area contributed by atoms with Gasteiger partial charge in [-0.2, -0.15) is 5.26 Å². The molecule has 41 heavy (non-hydrogen) atoms. The zero-order valence-electron chi connectivity index (χ0n) is 22.7. The second-order valence-corrected chi connectivity index (χ2v) is 11.5. The summed E-state index contributed by atoms with van der Waals surface area (Å²) in [6, 6.07) is 32.3. The Balaban J connectivity index is 1.38. The molecule has 0 radical (unpaired) electrons. The summed E-state index contributed by atoms with van der Waals surface area (Å²) < 4.78 is 0. The summed E-state index contributed by atoms with van der Waals surface area (Å²) in [7, 11) is 2.01. The number of fused-ring (bicyclic) bond motifs is 1. The molecule has 0 spiro atoms.